The number of hydrogen-bond acceptors (Lipinski definition) is 0. The van der Waals surface area contributed by atoms with E-state index in [4.69, 9.17) is 0 Å². The first-order valence-corrected chi connectivity index (χ1v) is 26.0. The fourth-order valence-electron chi connectivity index (χ4n) is 5.81. The third-order valence-electron chi connectivity index (χ3n) is 9.15. The second kappa shape index (κ2) is 26.1. The second-order valence-corrected chi connectivity index (χ2v) is 21.5. The minimum atomic E-state index is -0.171. The van der Waals surface area contributed by atoms with Gasteiger partial charge >= 0.3 is 0 Å². The van der Waals surface area contributed by atoms with Crippen LogP contribution in [0.4, 0.5) is 0 Å². The van der Waals surface area contributed by atoms with Gasteiger partial charge in [0.2, 0.25) is 0 Å². The smallest absolute Gasteiger partial charge is 0 e. The maximum Gasteiger partial charge on any atom is 0 e. The molecule has 0 heterocycles. The summed E-state index contributed by atoms with van der Waals surface area (Å²) in [5, 5.41) is 11.5. The van der Waals surface area contributed by atoms with Crippen LogP contribution in [0.2, 0.25) is 0 Å². The summed E-state index contributed by atoms with van der Waals surface area (Å²) >= 11 is 0. The molecule has 0 unspecified atom stereocenters. The normalized spacial score (nSPS) is 10.2. The molecule has 0 fully saturated rings. The van der Waals surface area contributed by atoms with Crippen molar-refractivity contribution in [3.05, 3.63) is 243 Å². The summed E-state index contributed by atoms with van der Waals surface area (Å²) in [6, 6.07) is 85.6. The molecule has 8 aromatic carbocycles. The number of rotatable bonds is 8. The zero-order valence-corrected chi connectivity index (χ0v) is 37.8. The van der Waals surface area contributed by atoms with Crippen LogP contribution in [0.25, 0.3) is 0 Å². The predicted octanol–water partition coefficient (Wildman–Crippen LogP) is 11.0. The van der Waals surface area contributed by atoms with Crippen LogP contribution >= 0.6 is 31.7 Å². The summed E-state index contributed by atoms with van der Waals surface area (Å²) < 4.78 is 0. The van der Waals surface area contributed by atoms with Gasteiger partial charge in [-0.15, -0.1) is 0 Å². The Morgan fingerprint density at radius 2 is 0.263 bits per heavy atom. The molecule has 0 amide bonds. The molecule has 57 heavy (non-hydrogen) atoms. The molecule has 0 aliphatic rings. The molecular formula is C52H52NiP4. The van der Waals surface area contributed by atoms with Gasteiger partial charge < -0.3 is 0 Å². The van der Waals surface area contributed by atoms with Gasteiger partial charge in [0.25, 0.3) is 0 Å². The van der Waals surface area contributed by atoms with E-state index in [9.17, 15) is 0 Å². The van der Waals surface area contributed by atoms with Crippen molar-refractivity contribution in [1.29, 1.82) is 0 Å². The average molecular weight is 860 g/mol. The van der Waals surface area contributed by atoms with Gasteiger partial charge in [-0.1, -0.05) is 243 Å². The third kappa shape index (κ3) is 15.3. The largest absolute Gasteiger partial charge is 0.0622 e. The maximum absolute atomic E-state index is 2.31. The van der Waals surface area contributed by atoms with E-state index in [-0.39, 0.29) is 48.2 Å². The van der Waals surface area contributed by atoms with E-state index in [1.165, 1.54) is 42.4 Å². The molecular weight excluding hydrogens is 807 g/mol. The summed E-state index contributed by atoms with van der Waals surface area (Å²) in [6.45, 7) is 9.22. The molecule has 0 radical (unpaired) electrons. The molecule has 290 valence electrons. The van der Waals surface area contributed by atoms with Gasteiger partial charge in [-0.2, -0.15) is 0 Å². The Hall–Kier alpha value is -4.03. The maximum atomic E-state index is 2.31. The van der Waals surface area contributed by atoms with Crippen molar-refractivity contribution in [2.24, 2.45) is 0 Å². The van der Waals surface area contributed by atoms with E-state index in [2.05, 4.69) is 269 Å². The molecule has 0 aromatic heterocycles. The van der Waals surface area contributed by atoms with Gasteiger partial charge in [-0.05, 0) is 101 Å². The summed E-state index contributed by atoms with van der Waals surface area (Å²) in [7, 11) is -0.683. The fourth-order valence-corrected chi connectivity index (χ4v) is 12.0. The van der Waals surface area contributed by atoms with Crippen LogP contribution in [0.3, 0.4) is 0 Å². The molecule has 0 bridgehead atoms. The molecule has 8 aromatic rings. The Morgan fingerprint density at radius 3 is 0.351 bits per heavy atom. The monoisotopic (exact) mass is 858 g/mol. The Balaban J connectivity index is 0.000000167. The fraction of sp³-hybridized carbons (Fsp3) is 0.0769. The predicted molar refractivity (Wildman–Crippen MR) is 260 cm³/mol. The molecule has 0 nitrogen and oxygen atoms in total. The first-order chi connectivity index (χ1) is 27.5. The molecule has 8 rings (SSSR count). The summed E-state index contributed by atoms with van der Waals surface area (Å²) in [4.78, 5) is 0. The summed E-state index contributed by atoms with van der Waals surface area (Å²) in [5.41, 5.74) is 0. The van der Waals surface area contributed by atoms with Crippen molar-refractivity contribution in [2.45, 2.75) is 0 Å². The van der Waals surface area contributed by atoms with Crippen molar-refractivity contribution < 1.29 is 16.5 Å². The van der Waals surface area contributed by atoms with Crippen molar-refractivity contribution in [2.75, 3.05) is 26.7 Å². The standard InChI is InChI=1S/4C13H13P.Ni/c4*1-14(12-8-4-2-5-9-12)13-10-6-3-7-11-13;/h4*2-11H,1H3;. The minimum absolute atomic E-state index is 0. The van der Waals surface area contributed by atoms with E-state index in [0.717, 1.165) is 0 Å². The zero-order chi connectivity index (χ0) is 39.2. The quantitative estimate of drug-likeness (QED) is 0.105. The van der Waals surface area contributed by atoms with E-state index in [0.29, 0.717) is 0 Å². The molecule has 0 N–H and O–H groups in total. The molecule has 0 aliphatic carbocycles. The Labute approximate surface area is 357 Å². The van der Waals surface area contributed by atoms with Gasteiger partial charge in [-0.25, -0.2) is 0 Å². The zero-order valence-electron chi connectivity index (χ0n) is 33.2. The second-order valence-electron chi connectivity index (χ2n) is 12.9. The van der Waals surface area contributed by atoms with Crippen LogP contribution in [-0.2, 0) is 16.5 Å². The molecule has 0 saturated heterocycles. The molecule has 5 heteroatoms. The van der Waals surface area contributed by atoms with Gasteiger partial charge in [-0.3, -0.25) is 0 Å². The molecule has 0 aliphatic heterocycles. The minimum Gasteiger partial charge on any atom is -0.0622 e. The Bertz CT molecular complexity index is 1700. The third-order valence-corrected chi connectivity index (χ3v) is 17.7. The first kappa shape index (κ1) is 45.7. The van der Waals surface area contributed by atoms with Gasteiger partial charge in [0, 0.05) is 16.5 Å². The summed E-state index contributed by atoms with van der Waals surface area (Å²) in [6.07, 6.45) is 0. The van der Waals surface area contributed by atoms with Crippen LogP contribution in [0.1, 0.15) is 0 Å². The molecule has 0 spiro atoms. The van der Waals surface area contributed by atoms with E-state index >= 15 is 0 Å². The van der Waals surface area contributed by atoms with Gasteiger partial charge in [0.05, 0.1) is 0 Å². The molecule has 0 atom stereocenters. The number of benzene rings is 8. The van der Waals surface area contributed by atoms with E-state index < -0.39 is 0 Å². The Kier molecular flexibility index (Phi) is 20.9. The van der Waals surface area contributed by atoms with Gasteiger partial charge in [0.1, 0.15) is 0 Å². The van der Waals surface area contributed by atoms with E-state index in [1.807, 2.05) is 0 Å². The SMILES string of the molecule is CP(c1ccccc1)c1ccccc1.CP(c1ccccc1)c1ccccc1.CP(c1ccccc1)c1ccccc1.CP(c1ccccc1)c1ccccc1.[Ni]. The van der Waals surface area contributed by atoms with Crippen molar-refractivity contribution in [3.63, 3.8) is 0 Å². The van der Waals surface area contributed by atoms with E-state index in [1.54, 1.807) is 0 Å². The van der Waals surface area contributed by atoms with Crippen LogP contribution in [-0.4, -0.2) is 26.7 Å². The molecule has 0 saturated carbocycles. The van der Waals surface area contributed by atoms with Crippen LogP contribution < -0.4 is 42.4 Å². The van der Waals surface area contributed by atoms with Crippen molar-refractivity contribution in [3.8, 4) is 0 Å². The van der Waals surface area contributed by atoms with Crippen LogP contribution in [0.5, 0.6) is 0 Å². The first-order valence-electron chi connectivity index (χ1n) is 18.9. The summed E-state index contributed by atoms with van der Waals surface area (Å²) in [5.74, 6) is 0. The van der Waals surface area contributed by atoms with Crippen molar-refractivity contribution >= 4 is 74.1 Å². The number of hydrogen-bond donors (Lipinski definition) is 0. The Morgan fingerprint density at radius 1 is 0.175 bits per heavy atom. The van der Waals surface area contributed by atoms with Crippen molar-refractivity contribution in [1.82, 2.24) is 0 Å². The van der Waals surface area contributed by atoms with Crippen LogP contribution in [0, 0.1) is 0 Å². The topological polar surface area (TPSA) is 0 Å². The van der Waals surface area contributed by atoms with Crippen LogP contribution in [0.15, 0.2) is 243 Å². The average Bonchev–Trinajstić information content (AvgIpc) is 3.31. The van der Waals surface area contributed by atoms with Gasteiger partial charge in [0.15, 0.2) is 0 Å².